The number of piperidine rings is 1. The summed E-state index contributed by atoms with van der Waals surface area (Å²) in [5, 5.41) is 6.94. The number of nitrogens with zero attached hydrogens (tertiary/aromatic N) is 4. The first kappa shape index (κ1) is 23.0. The normalized spacial score (nSPS) is 19.7. The molecule has 0 aromatic heterocycles. The number of hydrogen-bond donors (Lipinski definition) is 2. The smallest absolute Gasteiger partial charge is 0.191 e. The molecule has 6 heteroatoms. The minimum atomic E-state index is 0.726. The summed E-state index contributed by atoms with van der Waals surface area (Å²) in [5.74, 6) is 0.931. The predicted octanol–water partition coefficient (Wildman–Crippen LogP) is 2.37. The van der Waals surface area contributed by atoms with Crippen molar-refractivity contribution in [2.45, 2.75) is 46.2 Å². The first-order chi connectivity index (χ1) is 14.8. The maximum atomic E-state index is 4.89. The highest BCUT2D eigenvalue weighted by Gasteiger charge is 2.16. The van der Waals surface area contributed by atoms with E-state index in [4.69, 9.17) is 4.99 Å². The lowest BCUT2D eigenvalue weighted by molar-refractivity contribution is 0.131. The molecule has 2 aliphatic rings. The lowest BCUT2D eigenvalue weighted by Gasteiger charge is -2.34. The minimum absolute atomic E-state index is 0.726. The van der Waals surface area contributed by atoms with Crippen molar-refractivity contribution < 1.29 is 0 Å². The number of nitrogens with one attached hydrogen (secondary N) is 2. The van der Waals surface area contributed by atoms with Crippen LogP contribution in [-0.2, 0) is 13.1 Å². The first-order valence-electron chi connectivity index (χ1n) is 12.0. The Labute approximate surface area is 183 Å². The van der Waals surface area contributed by atoms with E-state index < -0.39 is 0 Å². The minimum Gasteiger partial charge on any atom is -0.357 e. The molecule has 0 bridgehead atoms. The van der Waals surface area contributed by atoms with Crippen LogP contribution in [0.4, 0.5) is 0 Å². The molecule has 0 radical (unpaired) electrons. The molecule has 0 atom stereocenters. The molecular weight excluding hydrogens is 372 g/mol. The van der Waals surface area contributed by atoms with Crippen LogP contribution in [0.5, 0.6) is 0 Å². The van der Waals surface area contributed by atoms with Gasteiger partial charge in [-0.05, 0) is 50.5 Å². The molecule has 168 valence electrons. The molecule has 1 aromatic rings. The fraction of sp³-hybridized carbons (Fsp3) is 0.708. The lowest BCUT2D eigenvalue weighted by atomic mass is 10.1. The van der Waals surface area contributed by atoms with Crippen LogP contribution in [0.2, 0.25) is 0 Å². The van der Waals surface area contributed by atoms with Crippen LogP contribution >= 0.6 is 0 Å². The Hall–Kier alpha value is -1.63. The van der Waals surface area contributed by atoms with E-state index in [2.05, 4.69) is 63.4 Å². The number of piperazine rings is 1. The summed E-state index contributed by atoms with van der Waals surface area (Å²) in [7, 11) is 0. The number of aliphatic imine (C=N–C) groups is 1. The highest BCUT2D eigenvalue weighted by molar-refractivity contribution is 5.79. The van der Waals surface area contributed by atoms with Crippen LogP contribution in [0.3, 0.4) is 0 Å². The molecule has 1 aromatic carbocycles. The van der Waals surface area contributed by atoms with Gasteiger partial charge in [0.05, 0.1) is 6.54 Å². The molecule has 30 heavy (non-hydrogen) atoms. The van der Waals surface area contributed by atoms with E-state index in [1.807, 2.05) is 0 Å². The number of likely N-dealkylation sites (tertiary alicyclic amines) is 1. The second-order valence-corrected chi connectivity index (χ2v) is 8.50. The third-order valence-electron chi connectivity index (χ3n) is 6.35. The number of likely N-dealkylation sites (N-methyl/N-ethyl adjacent to an activating group) is 1. The van der Waals surface area contributed by atoms with Crippen LogP contribution in [0.1, 0.15) is 44.2 Å². The van der Waals surface area contributed by atoms with Crippen molar-refractivity contribution in [2.24, 2.45) is 4.99 Å². The van der Waals surface area contributed by atoms with Gasteiger partial charge in [0.25, 0.3) is 0 Å². The maximum Gasteiger partial charge on any atom is 0.191 e. The van der Waals surface area contributed by atoms with Crippen LogP contribution in [0.25, 0.3) is 0 Å². The zero-order valence-corrected chi connectivity index (χ0v) is 19.2. The van der Waals surface area contributed by atoms with Crippen molar-refractivity contribution in [3.05, 3.63) is 35.4 Å². The highest BCUT2D eigenvalue weighted by atomic mass is 15.3. The molecule has 0 spiro atoms. The fourth-order valence-electron chi connectivity index (χ4n) is 4.39. The van der Waals surface area contributed by atoms with E-state index in [0.717, 1.165) is 58.3 Å². The Kier molecular flexibility index (Phi) is 9.93. The summed E-state index contributed by atoms with van der Waals surface area (Å²) >= 11 is 0. The Morgan fingerprint density at radius 2 is 1.53 bits per heavy atom. The average molecular weight is 415 g/mol. The monoisotopic (exact) mass is 414 g/mol. The van der Waals surface area contributed by atoms with Gasteiger partial charge >= 0.3 is 0 Å². The molecule has 2 aliphatic heterocycles. The molecule has 3 rings (SSSR count). The number of rotatable bonds is 9. The largest absolute Gasteiger partial charge is 0.357 e. The Bertz CT molecular complexity index is 632. The topological polar surface area (TPSA) is 46.1 Å². The van der Waals surface area contributed by atoms with E-state index in [1.165, 1.54) is 56.6 Å². The standard InChI is InChI=1S/C24H42N6/c1-3-25-24(26-12-15-29-13-8-5-9-14-29)27-20-22-10-6-7-11-23(22)21-30-18-16-28(4-2)17-19-30/h6-7,10-11H,3-5,8-9,12-21H2,1-2H3,(H2,25,26,27). The third-order valence-corrected chi connectivity index (χ3v) is 6.35. The molecule has 0 saturated carbocycles. The lowest BCUT2D eigenvalue weighted by Crippen LogP contribution is -2.45. The van der Waals surface area contributed by atoms with Crippen LogP contribution < -0.4 is 10.6 Å². The quantitative estimate of drug-likeness (QED) is 0.480. The molecule has 2 saturated heterocycles. The van der Waals surface area contributed by atoms with Crippen molar-refractivity contribution in [3.63, 3.8) is 0 Å². The first-order valence-corrected chi connectivity index (χ1v) is 12.0. The SMILES string of the molecule is CCNC(=NCc1ccccc1CN1CCN(CC)CC1)NCCN1CCCCC1. The van der Waals surface area contributed by atoms with Crippen molar-refractivity contribution >= 4 is 5.96 Å². The van der Waals surface area contributed by atoms with Gasteiger partial charge in [-0.25, -0.2) is 4.99 Å². The average Bonchev–Trinajstić information content (AvgIpc) is 2.79. The van der Waals surface area contributed by atoms with Crippen LogP contribution in [0.15, 0.2) is 29.3 Å². The number of hydrogen-bond acceptors (Lipinski definition) is 4. The Balaban J connectivity index is 1.52. The van der Waals surface area contributed by atoms with Gasteiger partial charge in [-0.2, -0.15) is 0 Å². The summed E-state index contributed by atoms with van der Waals surface area (Å²) in [6.45, 7) is 17.4. The Morgan fingerprint density at radius 1 is 0.833 bits per heavy atom. The van der Waals surface area contributed by atoms with Gasteiger partial charge in [-0.15, -0.1) is 0 Å². The van der Waals surface area contributed by atoms with Crippen molar-refractivity contribution in [2.75, 3.05) is 65.4 Å². The third kappa shape index (κ3) is 7.56. The molecule has 0 unspecified atom stereocenters. The summed E-state index contributed by atoms with van der Waals surface area (Å²) < 4.78 is 0. The van der Waals surface area contributed by atoms with Crippen molar-refractivity contribution in [3.8, 4) is 0 Å². The molecule has 2 N–H and O–H groups in total. The summed E-state index contributed by atoms with van der Waals surface area (Å²) in [6, 6.07) is 8.80. The zero-order valence-electron chi connectivity index (χ0n) is 19.2. The van der Waals surface area contributed by atoms with Crippen molar-refractivity contribution in [1.29, 1.82) is 0 Å². The van der Waals surface area contributed by atoms with E-state index in [9.17, 15) is 0 Å². The van der Waals surface area contributed by atoms with E-state index >= 15 is 0 Å². The maximum absolute atomic E-state index is 4.89. The summed E-state index contributed by atoms with van der Waals surface area (Å²) in [4.78, 5) is 12.6. The van der Waals surface area contributed by atoms with Gasteiger partial charge in [0.15, 0.2) is 5.96 Å². The number of benzene rings is 1. The van der Waals surface area contributed by atoms with Crippen LogP contribution in [0, 0.1) is 0 Å². The Morgan fingerprint density at radius 3 is 2.23 bits per heavy atom. The fourth-order valence-corrected chi connectivity index (χ4v) is 4.39. The second-order valence-electron chi connectivity index (χ2n) is 8.50. The van der Waals surface area contributed by atoms with Gasteiger partial charge in [0, 0.05) is 52.4 Å². The highest BCUT2D eigenvalue weighted by Crippen LogP contribution is 2.14. The molecular formula is C24H42N6. The van der Waals surface area contributed by atoms with E-state index in [1.54, 1.807) is 0 Å². The summed E-state index contributed by atoms with van der Waals surface area (Å²) in [6.07, 6.45) is 4.08. The van der Waals surface area contributed by atoms with Gasteiger partial charge in [-0.1, -0.05) is 37.6 Å². The molecule has 2 fully saturated rings. The molecule has 0 aliphatic carbocycles. The molecule has 2 heterocycles. The summed E-state index contributed by atoms with van der Waals surface area (Å²) in [5.41, 5.74) is 2.75. The van der Waals surface area contributed by atoms with E-state index in [0.29, 0.717) is 0 Å². The van der Waals surface area contributed by atoms with Gasteiger partial charge in [0.1, 0.15) is 0 Å². The van der Waals surface area contributed by atoms with E-state index in [-0.39, 0.29) is 0 Å². The zero-order chi connectivity index (χ0) is 21.0. The van der Waals surface area contributed by atoms with Crippen LogP contribution in [-0.4, -0.2) is 86.1 Å². The van der Waals surface area contributed by atoms with Crippen molar-refractivity contribution in [1.82, 2.24) is 25.3 Å². The van der Waals surface area contributed by atoms with Gasteiger partial charge in [-0.3, -0.25) is 4.90 Å². The van der Waals surface area contributed by atoms with Gasteiger partial charge in [0.2, 0.25) is 0 Å². The molecule has 0 amide bonds. The molecule has 6 nitrogen and oxygen atoms in total. The second kappa shape index (κ2) is 12.9. The predicted molar refractivity (Wildman–Crippen MR) is 127 cm³/mol. The van der Waals surface area contributed by atoms with Gasteiger partial charge < -0.3 is 20.4 Å². The number of guanidine groups is 1.